The van der Waals surface area contributed by atoms with E-state index in [-0.39, 0.29) is 30.6 Å². The van der Waals surface area contributed by atoms with E-state index in [0.717, 1.165) is 40.8 Å². The molecule has 220 valence electrons. The van der Waals surface area contributed by atoms with Gasteiger partial charge in [-0.2, -0.15) is 5.10 Å². The zero-order chi connectivity index (χ0) is 29.8. The molecule has 1 aliphatic heterocycles. The van der Waals surface area contributed by atoms with Crippen molar-refractivity contribution in [1.82, 2.24) is 19.7 Å². The molecule has 0 atom stereocenters. The summed E-state index contributed by atoms with van der Waals surface area (Å²) in [4.78, 5) is 32.7. The first-order chi connectivity index (χ1) is 20.3. The van der Waals surface area contributed by atoms with Crippen LogP contribution < -0.4 is 11.1 Å². The van der Waals surface area contributed by atoms with Crippen molar-refractivity contribution in [3.8, 4) is 0 Å². The normalized spacial score (nSPS) is 13.8. The predicted octanol–water partition coefficient (Wildman–Crippen LogP) is 5.45. The van der Waals surface area contributed by atoms with E-state index in [1.165, 1.54) is 18.2 Å². The number of pyridine rings is 1. The van der Waals surface area contributed by atoms with Gasteiger partial charge in [-0.15, -0.1) is 0 Å². The first-order valence-electron chi connectivity index (χ1n) is 14.1. The second-order valence-electron chi connectivity index (χ2n) is 10.4. The van der Waals surface area contributed by atoms with Gasteiger partial charge in [-0.25, -0.2) is 14.1 Å². The molecule has 42 heavy (non-hydrogen) atoms. The number of nitrogens with two attached hydrogens (primary N) is 1. The highest BCUT2D eigenvalue weighted by atomic mass is 79.9. The Morgan fingerprint density at radius 1 is 1.14 bits per heavy atom. The number of carbonyl (C=O) groups excluding carboxylic acids is 2. The number of ether oxygens (including phenoxy) is 1. The number of carbonyl (C=O) groups is 2. The van der Waals surface area contributed by atoms with Crippen LogP contribution in [-0.2, 0) is 30.8 Å². The van der Waals surface area contributed by atoms with E-state index >= 15 is 0 Å². The molecule has 4 aromatic rings. The summed E-state index contributed by atoms with van der Waals surface area (Å²) in [6.45, 7) is 6.40. The number of rotatable bonds is 10. The summed E-state index contributed by atoms with van der Waals surface area (Å²) in [5.41, 5.74) is 10.1. The van der Waals surface area contributed by atoms with E-state index < -0.39 is 11.7 Å². The van der Waals surface area contributed by atoms with E-state index in [1.54, 1.807) is 29.2 Å². The fourth-order valence-corrected chi connectivity index (χ4v) is 5.89. The Hall–Kier alpha value is -3.83. The van der Waals surface area contributed by atoms with Crippen molar-refractivity contribution in [2.45, 2.75) is 58.8 Å². The molecule has 0 bridgehead atoms. The monoisotopic (exact) mass is 636 g/mol. The zero-order valence-corrected chi connectivity index (χ0v) is 25.3. The van der Waals surface area contributed by atoms with Crippen molar-refractivity contribution < 1.29 is 18.7 Å². The minimum absolute atomic E-state index is 0.127. The summed E-state index contributed by atoms with van der Waals surface area (Å²) >= 11 is 3.37. The lowest BCUT2D eigenvalue weighted by Gasteiger charge is -2.29. The molecule has 0 radical (unpaired) electrons. The van der Waals surface area contributed by atoms with Gasteiger partial charge in [0.25, 0.3) is 5.91 Å². The minimum Gasteiger partial charge on any atom is -0.381 e. The molecule has 1 saturated heterocycles. The summed E-state index contributed by atoms with van der Waals surface area (Å²) in [6.07, 6.45) is 4.16. The van der Waals surface area contributed by atoms with Crippen LogP contribution in [0.15, 0.2) is 53.1 Å². The number of hydrogen-bond donors (Lipinski definition) is 2. The molecule has 2 aromatic carbocycles. The van der Waals surface area contributed by atoms with Gasteiger partial charge >= 0.3 is 0 Å². The van der Waals surface area contributed by atoms with Gasteiger partial charge in [-0.1, -0.05) is 28.9 Å². The van der Waals surface area contributed by atoms with E-state index in [1.807, 2.05) is 24.7 Å². The van der Waals surface area contributed by atoms with Gasteiger partial charge < -0.3 is 20.7 Å². The van der Waals surface area contributed by atoms with Gasteiger partial charge in [-0.05, 0) is 68.1 Å². The van der Waals surface area contributed by atoms with Crippen LogP contribution >= 0.6 is 15.9 Å². The third-order valence-corrected chi connectivity index (χ3v) is 7.96. The van der Waals surface area contributed by atoms with Gasteiger partial charge in [0.05, 0.1) is 23.8 Å². The van der Waals surface area contributed by atoms with Crippen LogP contribution in [0, 0.1) is 5.82 Å². The number of aromatic nitrogens is 3. The van der Waals surface area contributed by atoms with Crippen LogP contribution in [0.3, 0.4) is 0 Å². The molecule has 0 saturated carbocycles. The SMILES string of the molecule is CCc1nc2c(cnn2CC)c(NC2CCOCC2)c1CN(Cc1cc(F)cc(Br)c1)C(=O)c1cccc(C(N)=O)c1. The molecule has 1 aliphatic rings. The van der Waals surface area contributed by atoms with Crippen LogP contribution in [0.4, 0.5) is 10.1 Å². The number of nitrogens with zero attached hydrogens (tertiary/aromatic N) is 4. The summed E-state index contributed by atoms with van der Waals surface area (Å²) < 4.78 is 22.4. The average Bonchev–Trinajstić information content (AvgIpc) is 3.40. The van der Waals surface area contributed by atoms with Gasteiger partial charge in [0.2, 0.25) is 5.91 Å². The Morgan fingerprint density at radius 2 is 1.90 bits per heavy atom. The molecule has 0 spiro atoms. The lowest BCUT2D eigenvalue weighted by atomic mass is 10.0. The zero-order valence-electron chi connectivity index (χ0n) is 23.7. The Labute approximate surface area is 252 Å². The molecule has 1 fully saturated rings. The van der Waals surface area contributed by atoms with Crippen molar-refractivity contribution >= 4 is 44.5 Å². The Morgan fingerprint density at radius 3 is 2.60 bits per heavy atom. The smallest absolute Gasteiger partial charge is 0.254 e. The lowest BCUT2D eigenvalue weighted by Crippen LogP contribution is -2.33. The first kappa shape index (κ1) is 29.7. The van der Waals surface area contributed by atoms with Crippen molar-refractivity contribution in [3.05, 3.63) is 86.9 Å². The van der Waals surface area contributed by atoms with Gasteiger partial charge in [0, 0.05) is 59.2 Å². The summed E-state index contributed by atoms with van der Waals surface area (Å²) in [5.74, 6) is -1.35. The number of primary amides is 1. The molecule has 11 heteroatoms. The number of halogens is 2. The maximum absolute atomic E-state index is 14.4. The Kier molecular flexibility index (Phi) is 9.18. The number of benzene rings is 2. The third-order valence-electron chi connectivity index (χ3n) is 7.50. The Bertz CT molecular complexity index is 1600. The summed E-state index contributed by atoms with van der Waals surface area (Å²) in [6, 6.07) is 11.1. The average molecular weight is 638 g/mol. The number of fused-ring (bicyclic) bond motifs is 1. The minimum atomic E-state index is -0.621. The van der Waals surface area contributed by atoms with E-state index in [2.05, 4.69) is 26.3 Å². The predicted molar refractivity (Wildman–Crippen MR) is 163 cm³/mol. The molecule has 2 aromatic heterocycles. The van der Waals surface area contributed by atoms with Crippen LogP contribution in [0.2, 0.25) is 0 Å². The topological polar surface area (TPSA) is 115 Å². The lowest BCUT2D eigenvalue weighted by molar-refractivity contribution is 0.0729. The molecule has 9 nitrogen and oxygen atoms in total. The van der Waals surface area contributed by atoms with Gasteiger partial charge in [0.1, 0.15) is 5.82 Å². The number of hydrogen-bond acceptors (Lipinski definition) is 6. The summed E-state index contributed by atoms with van der Waals surface area (Å²) in [7, 11) is 0. The number of nitrogens with one attached hydrogen (secondary N) is 1. The molecule has 3 heterocycles. The number of amides is 2. The largest absolute Gasteiger partial charge is 0.381 e. The van der Waals surface area contributed by atoms with E-state index in [4.69, 9.17) is 15.5 Å². The molecule has 0 unspecified atom stereocenters. The third kappa shape index (κ3) is 6.47. The molecule has 3 N–H and O–H groups in total. The van der Waals surface area contributed by atoms with Crippen molar-refractivity contribution in [2.24, 2.45) is 5.73 Å². The van der Waals surface area contributed by atoms with Crippen LogP contribution in [0.25, 0.3) is 11.0 Å². The van der Waals surface area contributed by atoms with Crippen LogP contribution in [-0.4, -0.2) is 50.7 Å². The second-order valence-corrected chi connectivity index (χ2v) is 11.3. The van der Waals surface area contributed by atoms with Gasteiger partial charge in [0.15, 0.2) is 5.65 Å². The molecule has 0 aliphatic carbocycles. The molecule has 5 rings (SSSR count). The van der Waals surface area contributed by atoms with Crippen molar-refractivity contribution in [2.75, 3.05) is 18.5 Å². The highest BCUT2D eigenvalue weighted by Crippen LogP contribution is 2.33. The standard InChI is InChI=1S/C31H34BrFN6O3/c1-3-27-26(28(36-24-8-10-42-11-9-24)25-16-35-39(4-2)30(25)37-27)18-38(17-19-12-22(32)15-23(33)13-19)31(41)21-7-5-6-20(14-21)29(34)40/h5-7,12-16,24H,3-4,8-11,17-18H2,1-2H3,(H2,34,40)(H,36,37). The molecular weight excluding hydrogens is 603 g/mol. The molecular formula is C31H34BrFN6O3. The fraction of sp³-hybridized carbons (Fsp3) is 0.355. The molecule has 2 amide bonds. The number of anilines is 1. The maximum Gasteiger partial charge on any atom is 0.254 e. The quantitative estimate of drug-likeness (QED) is 0.239. The van der Waals surface area contributed by atoms with E-state index in [9.17, 15) is 14.0 Å². The highest BCUT2D eigenvalue weighted by Gasteiger charge is 2.26. The number of aryl methyl sites for hydroxylation is 2. The van der Waals surface area contributed by atoms with Crippen molar-refractivity contribution in [1.29, 1.82) is 0 Å². The maximum atomic E-state index is 14.4. The van der Waals surface area contributed by atoms with Crippen molar-refractivity contribution in [3.63, 3.8) is 0 Å². The Balaban J connectivity index is 1.63. The highest BCUT2D eigenvalue weighted by molar-refractivity contribution is 9.10. The first-order valence-corrected chi connectivity index (χ1v) is 14.9. The fourth-order valence-electron chi connectivity index (χ4n) is 5.38. The second kappa shape index (κ2) is 13.0. The van der Waals surface area contributed by atoms with Crippen LogP contribution in [0.5, 0.6) is 0 Å². The van der Waals surface area contributed by atoms with Gasteiger partial charge in [-0.3, -0.25) is 9.59 Å². The van der Waals surface area contributed by atoms with E-state index in [0.29, 0.717) is 41.8 Å². The summed E-state index contributed by atoms with van der Waals surface area (Å²) in [5, 5.41) is 9.21. The van der Waals surface area contributed by atoms with Crippen LogP contribution in [0.1, 0.15) is 64.2 Å².